The van der Waals surface area contributed by atoms with Gasteiger partial charge < -0.3 is 21.1 Å². The molecule has 2 heterocycles. The van der Waals surface area contributed by atoms with E-state index in [0.717, 1.165) is 32.9 Å². The zero-order valence-electron chi connectivity index (χ0n) is 17.1. The molecule has 0 fully saturated rings. The van der Waals surface area contributed by atoms with Gasteiger partial charge in [0, 0.05) is 52.1 Å². The summed E-state index contributed by atoms with van der Waals surface area (Å²) in [5.74, 6) is 0. The monoisotopic (exact) mass is 518 g/mol. The number of nitrogens with zero attached hydrogens (tertiary/aromatic N) is 6. The van der Waals surface area contributed by atoms with Crippen molar-refractivity contribution in [3.8, 4) is 0 Å². The summed E-state index contributed by atoms with van der Waals surface area (Å²) in [5.41, 5.74) is 19.2. The van der Waals surface area contributed by atoms with Crippen LogP contribution in [0, 0.1) is 0 Å². The Morgan fingerprint density at radius 3 is 1.48 bits per heavy atom. The average molecular weight is 519 g/mol. The second-order valence-electron chi connectivity index (χ2n) is 6.24. The minimum Gasteiger partial charge on any atom is -0.515 e. The maximum absolute atomic E-state index is 5.25. The largest absolute Gasteiger partial charge is 0.515 e. The molecule has 8 nitrogen and oxygen atoms in total. The van der Waals surface area contributed by atoms with Crippen molar-refractivity contribution in [2.24, 2.45) is 21.7 Å². The van der Waals surface area contributed by atoms with Crippen molar-refractivity contribution < 1.29 is 16.5 Å². The van der Waals surface area contributed by atoms with E-state index in [1.807, 2.05) is 60.7 Å². The maximum atomic E-state index is 5.25. The topological polar surface area (TPSA) is 131 Å². The molecule has 11 heteroatoms. The van der Waals surface area contributed by atoms with E-state index in [1.165, 1.54) is 0 Å². The van der Waals surface area contributed by atoms with E-state index >= 15 is 0 Å². The molecule has 0 spiro atoms. The van der Waals surface area contributed by atoms with Crippen molar-refractivity contribution in [3.05, 3.63) is 95.3 Å². The molecule has 0 aliphatic carbocycles. The first-order chi connectivity index (χ1) is 15.5. The van der Waals surface area contributed by atoms with E-state index in [0.29, 0.717) is 0 Å². The van der Waals surface area contributed by atoms with Crippen LogP contribution in [-0.2, 0) is 40.9 Å². The number of pyridine rings is 2. The summed E-state index contributed by atoms with van der Waals surface area (Å²) in [5, 5.41) is 12.1. The van der Waals surface area contributed by atoms with Crippen molar-refractivity contribution in [2.45, 2.75) is 0 Å². The van der Waals surface area contributed by atoms with Gasteiger partial charge in [-0.2, -0.15) is 0 Å². The minimum atomic E-state index is 0. The molecule has 2 aromatic carbocycles. The van der Waals surface area contributed by atoms with E-state index in [-0.39, 0.29) is 26.7 Å². The summed E-state index contributed by atoms with van der Waals surface area (Å²) in [4.78, 5) is 8.44. The molecular formula is C22H20N8NiS2. The normalized spacial score (nSPS) is 10.5. The van der Waals surface area contributed by atoms with Gasteiger partial charge >= 0.3 is 0 Å². The summed E-state index contributed by atoms with van der Waals surface area (Å²) in [6, 6.07) is 19.8. The van der Waals surface area contributed by atoms with Crippen LogP contribution in [-0.4, -0.2) is 32.6 Å². The summed E-state index contributed by atoms with van der Waals surface area (Å²) in [6.45, 7) is 0. The van der Waals surface area contributed by atoms with Crippen molar-refractivity contribution in [2.75, 3.05) is 0 Å². The number of aromatic nitrogens is 2. The molecule has 0 bridgehead atoms. The molecule has 0 radical (unpaired) electrons. The van der Waals surface area contributed by atoms with E-state index in [4.69, 9.17) is 11.5 Å². The number of fused-ring (bicyclic) bond motifs is 2. The standard InChI is InChI=1S/2C11H10N4S.Ni/c2*12-11(16)15-14-7-10-9-4-2-1-3-8(9)5-6-13-10;/h2*1-7H,(H3,12,13,15,16);. The third-order valence-electron chi connectivity index (χ3n) is 4.09. The quantitative estimate of drug-likeness (QED) is 0.107. The summed E-state index contributed by atoms with van der Waals surface area (Å²) < 4.78 is 0. The molecule has 170 valence electrons. The zero-order valence-corrected chi connectivity index (χ0v) is 19.9. The molecule has 0 aliphatic rings. The Morgan fingerprint density at radius 2 is 1.09 bits per heavy atom. The molecule has 4 rings (SSSR count). The Labute approximate surface area is 211 Å². The second kappa shape index (κ2) is 13.4. The zero-order chi connectivity index (χ0) is 22.8. The summed E-state index contributed by atoms with van der Waals surface area (Å²) in [6.07, 6.45) is 6.59. The van der Waals surface area contributed by atoms with E-state index in [2.05, 4.69) is 55.5 Å². The first kappa shape index (κ1) is 26.0. The van der Waals surface area contributed by atoms with Gasteiger partial charge in [0.05, 0.1) is 11.4 Å². The molecule has 2 aromatic heterocycles. The molecular weight excluding hydrogens is 499 g/mol. The van der Waals surface area contributed by atoms with Crippen LogP contribution in [0.1, 0.15) is 11.4 Å². The molecule has 0 saturated carbocycles. The Balaban J connectivity index is 0.000000227. The number of hydrogen-bond acceptors (Lipinski definition) is 4. The van der Waals surface area contributed by atoms with Gasteiger partial charge in [0.2, 0.25) is 0 Å². The van der Waals surface area contributed by atoms with Gasteiger partial charge in [-0.15, -0.1) is 0 Å². The van der Waals surface area contributed by atoms with Crippen LogP contribution in [0.25, 0.3) is 32.4 Å². The molecule has 0 amide bonds. The van der Waals surface area contributed by atoms with Crippen molar-refractivity contribution in [1.82, 2.24) is 9.97 Å². The van der Waals surface area contributed by atoms with Gasteiger partial charge in [-0.1, -0.05) is 48.5 Å². The first-order valence-corrected chi connectivity index (χ1v) is 10.2. The van der Waals surface area contributed by atoms with Crippen LogP contribution in [0.3, 0.4) is 0 Å². The van der Waals surface area contributed by atoms with E-state index in [1.54, 1.807) is 24.8 Å². The minimum absolute atomic E-state index is 0. The molecule has 0 unspecified atom stereocenters. The van der Waals surface area contributed by atoms with Crippen LogP contribution < -0.4 is 11.5 Å². The van der Waals surface area contributed by atoms with Gasteiger partial charge in [-0.05, 0) is 22.9 Å². The summed E-state index contributed by atoms with van der Waals surface area (Å²) in [7, 11) is 0. The van der Waals surface area contributed by atoms with E-state index < -0.39 is 0 Å². The van der Waals surface area contributed by atoms with Gasteiger partial charge in [0.1, 0.15) is 0 Å². The number of benzene rings is 2. The Bertz CT molecular complexity index is 1200. The SMILES string of the molecule is NC(=[SH+])[N-]N=Cc1nccc2ccccc12.NC(=[SH+])[N-]N=Cc1nccc2ccccc12.[Ni]. The number of hydrogen-bond donors (Lipinski definition) is 2. The predicted molar refractivity (Wildman–Crippen MR) is 141 cm³/mol. The fraction of sp³-hybridized carbons (Fsp3) is 0. The molecule has 0 aliphatic heterocycles. The van der Waals surface area contributed by atoms with Crippen LogP contribution >= 0.6 is 0 Å². The van der Waals surface area contributed by atoms with E-state index in [9.17, 15) is 0 Å². The van der Waals surface area contributed by atoms with Crippen LogP contribution in [0.2, 0.25) is 0 Å². The smallest absolute Gasteiger partial charge is 0.183 e. The Morgan fingerprint density at radius 1 is 0.697 bits per heavy atom. The van der Waals surface area contributed by atoms with Gasteiger partial charge in [0.15, 0.2) is 34.7 Å². The van der Waals surface area contributed by atoms with Gasteiger partial charge in [0.25, 0.3) is 0 Å². The molecule has 0 saturated heterocycles. The Hall–Kier alpha value is -3.21. The van der Waals surface area contributed by atoms with Crippen molar-refractivity contribution in [1.29, 1.82) is 0 Å². The molecule has 4 N–H and O–H groups in total. The fourth-order valence-corrected chi connectivity index (χ4v) is 2.88. The fourth-order valence-electron chi connectivity index (χ4n) is 2.78. The van der Waals surface area contributed by atoms with Crippen LogP contribution in [0.4, 0.5) is 0 Å². The van der Waals surface area contributed by atoms with Gasteiger partial charge in [-0.25, -0.2) is 0 Å². The Kier molecular flexibility index (Phi) is 10.6. The molecule has 0 atom stereocenters. The molecule has 33 heavy (non-hydrogen) atoms. The third kappa shape index (κ3) is 8.01. The van der Waals surface area contributed by atoms with Gasteiger partial charge in [-0.3, -0.25) is 21.4 Å². The first-order valence-electron chi connectivity index (χ1n) is 9.33. The van der Waals surface area contributed by atoms with Crippen LogP contribution in [0.15, 0.2) is 83.3 Å². The number of thiol groups is 2. The van der Waals surface area contributed by atoms with Crippen LogP contribution in [0.5, 0.6) is 0 Å². The third-order valence-corrected chi connectivity index (χ3v) is 4.27. The van der Waals surface area contributed by atoms with Crippen molar-refractivity contribution in [3.63, 3.8) is 0 Å². The average Bonchev–Trinajstić information content (AvgIpc) is 2.79. The maximum Gasteiger partial charge on any atom is 0.183 e. The number of rotatable bonds is 4. The second-order valence-corrected chi connectivity index (χ2v) is 7.16. The summed E-state index contributed by atoms with van der Waals surface area (Å²) >= 11 is 7.62. The van der Waals surface area contributed by atoms with Crippen molar-refractivity contribution >= 4 is 68.6 Å². The predicted octanol–water partition coefficient (Wildman–Crippen LogP) is 2.53. The molecule has 4 aromatic rings. The number of nitrogens with two attached hydrogens (primary N) is 2.